The molecule has 0 saturated heterocycles. The molecule has 4 N–H and O–H groups in total. The minimum absolute atomic E-state index is 0.198. The molecule has 1 aromatic heterocycles. The van der Waals surface area contributed by atoms with E-state index >= 15 is 0 Å². The molecule has 0 unspecified atom stereocenters. The summed E-state index contributed by atoms with van der Waals surface area (Å²) >= 11 is 2.20. The van der Waals surface area contributed by atoms with Gasteiger partial charge in [0, 0.05) is 28.6 Å². The summed E-state index contributed by atoms with van der Waals surface area (Å²) in [5.74, 6) is -0.587. The molecule has 0 bridgehead atoms. The van der Waals surface area contributed by atoms with Crippen LogP contribution in [0.2, 0.25) is 0 Å². The van der Waals surface area contributed by atoms with Crippen molar-refractivity contribution >= 4 is 39.9 Å². The predicted octanol–water partition coefficient (Wildman–Crippen LogP) is 1.06. The van der Waals surface area contributed by atoms with E-state index in [1.807, 2.05) is 25.1 Å². The molecular formula is C17H20IN3O5. The maximum Gasteiger partial charge on any atom is 0.278 e. The first kappa shape index (κ1) is 20.4. The summed E-state index contributed by atoms with van der Waals surface area (Å²) in [5, 5.41) is 21.1. The first-order chi connectivity index (χ1) is 12.3. The number of hydrogen-bond acceptors (Lipinski definition) is 6. The van der Waals surface area contributed by atoms with Gasteiger partial charge in [0.2, 0.25) is 0 Å². The fourth-order valence-corrected chi connectivity index (χ4v) is 2.78. The van der Waals surface area contributed by atoms with Gasteiger partial charge in [0.05, 0.1) is 17.9 Å². The number of benzene rings is 1. The molecule has 0 fully saturated rings. The van der Waals surface area contributed by atoms with E-state index in [-0.39, 0.29) is 17.7 Å². The molecule has 0 aliphatic carbocycles. The highest BCUT2D eigenvalue weighted by Gasteiger charge is 2.15. The smallest absolute Gasteiger partial charge is 0.278 e. The van der Waals surface area contributed by atoms with E-state index < -0.39 is 18.6 Å². The number of aryl methyl sites for hydroxylation is 2. The van der Waals surface area contributed by atoms with E-state index in [1.165, 1.54) is 23.9 Å². The van der Waals surface area contributed by atoms with Crippen molar-refractivity contribution in [1.29, 1.82) is 0 Å². The number of hydrogen-bond donors (Lipinski definition) is 4. The molecule has 8 nitrogen and oxygen atoms in total. The Bertz CT molecular complexity index is 853. The van der Waals surface area contributed by atoms with Crippen LogP contribution in [0.3, 0.4) is 0 Å². The Balaban J connectivity index is 2.26. The van der Waals surface area contributed by atoms with Gasteiger partial charge in [-0.2, -0.15) is 0 Å². The molecule has 0 aliphatic heterocycles. The second kappa shape index (κ2) is 9.12. The third kappa shape index (κ3) is 5.27. The highest BCUT2D eigenvalue weighted by Crippen LogP contribution is 2.24. The number of carbonyl (C=O) groups excluding carboxylic acids is 1. The van der Waals surface area contributed by atoms with Crippen LogP contribution >= 0.6 is 22.6 Å². The lowest BCUT2D eigenvalue weighted by molar-refractivity contribution is -0.0295. The lowest BCUT2D eigenvalue weighted by Gasteiger charge is -2.15. The molecular weight excluding hydrogens is 453 g/mol. The van der Waals surface area contributed by atoms with Gasteiger partial charge in [-0.15, -0.1) is 0 Å². The number of aliphatic hydroxyl groups excluding tert-OH is 2. The number of aromatic nitrogens is 1. The third-order valence-corrected chi connectivity index (χ3v) is 4.25. The zero-order valence-electron chi connectivity index (χ0n) is 14.3. The molecule has 0 saturated carbocycles. The standard InChI is InChI=1S/C17H20IN3O5/c1-10-5-11(18)3-4-14(10)19-15-6-16(24)21(2)7-13(15)17(25)20-26-9-12(23)8-22/h3-7,12,19,22-23H,8-9H2,1-2H3,(H,20,25)/t12-/m1/s1. The number of amides is 1. The largest absolute Gasteiger partial charge is 0.394 e. The second-order valence-corrected chi connectivity index (χ2v) is 6.96. The summed E-state index contributed by atoms with van der Waals surface area (Å²) in [7, 11) is 1.54. The Morgan fingerprint density at radius 1 is 1.35 bits per heavy atom. The molecule has 0 radical (unpaired) electrons. The Hall–Kier alpha value is -1.95. The fourth-order valence-electron chi connectivity index (χ4n) is 2.14. The normalized spacial score (nSPS) is 11.9. The molecule has 0 aliphatic rings. The molecule has 26 heavy (non-hydrogen) atoms. The van der Waals surface area contributed by atoms with Crippen molar-refractivity contribution in [3.8, 4) is 0 Å². The van der Waals surface area contributed by atoms with Gasteiger partial charge in [0.1, 0.15) is 12.7 Å². The van der Waals surface area contributed by atoms with Crippen molar-refractivity contribution in [3.05, 3.63) is 55.5 Å². The van der Waals surface area contributed by atoms with Crippen LogP contribution in [-0.4, -0.2) is 40.0 Å². The lowest BCUT2D eigenvalue weighted by atomic mass is 10.1. The summed E-state index contributed by atoms with van der Waals surface area (Å²) in [5.41, 5.74) is 4.18. The molecule has 2 rings (SSSR count). The minimum atomic E-state index is -1.09. The molecule has 1 heterocycles. The molecule has 1 aromatic carbocycles. The SMILES string of the molecule is Cc1cc(I)ccc1Nc1cc(=O)n(C)cc1C(=O)NOC[C@H](O)CO. The highest BCUT2D eigenvalue weighted by molar-refractivity contribution is 14.1. The predicted molar refractivity (Wildman–Crippen MR) is 105 cm³/mol. The van der Waals surface area contributed by atoms with Gasteiger partial charge in [-0.3, -0.25) is 14.4 Å². The van der Waals surface area contributed by atoms with Gasteiger partial charge < -0.3 is 20.1 Å². The van der Waals surface area contributed by atoms with Crippen molar-refractivity contribution < 1.29 is 19.8 Å². The van der Waals surface area contributed by atoms with Crippen molar-refractivity contribution in [3.63, 3.8) is 0 Å². The molecule has 140 valence electrons. The number of halogens is 1. The van der Waals surface area contributed by atoms with E-state index in [1.54, 1.807) is 0 Å². The van der Waals surface area contributed by atoms with Gasteiger partial charge in [-0.05, 0) is 53.3 Å². The van der Waals surface area contributed by atoms with Crippen LogP contribution in [0.5, 0.6) is 0 Å². The van der Waals surface area contributed by atoms with E-state index in [9.17, 15) is 14.7 Å². The van der Waals surface area contributed by atoms with Crippen molar-refractivity contribution in [2.75, 3.05) is 18.5 Å². The first-order valence-electron chi connectivity index (χ1n) is 7.76. The summed E-state index contributed by atoms with van der Waals surface area (Å²) in [4.78, 5) is 29.3. The Kier molecular flexibility index (Phi) is 7.14. The zero-order chi connectivity index (χ0) is 19.3. The Morgan fingerprint density at radius 3 is 2.73 bits per heavy atom. The summed E-state index contributed by atoms with van der Waals surface area (Å²) in [6.07, 6.45) is 0.302. The molecule has 9 heteroatoms. The number of nitrogens with zero attached hydrogens (tertiary/aromatic N) is 1. The van der Waals surface area contributed by atoms with Crippen LogP contribution in [0.15, 0.2) is 35.3 Å². The summed E-state index contributed by atoms with van der Waals surface area (Å²) in [6.45, 7) is 1.19. The van der Waals surface area contributed by atoms with Gasteiger partial charge >= 0.3 is 0 Å². The monoisotopic (exact) mass is 473 g/mol. The van der Waals surface area contributed by atoms with Crippen LogP contribution in [0.1, 0.15) is 15.9 Å². The number of hydroxylamine groups is 1. The maximum absolute atomic E-state index is 12.4. The average Bonchev–Trinajstić information content (AvgIpc) is 2.59. The highest BCUT2D eigenvalue weighted by atomic mass is 127. The number of pyridine rings is 1. The van der Waals surface area contributed by atoms with Gasteiger partial charge in [0.25, 0.3) is 11.5 Å². The first-order valence-corrected chi connectivity index (χ1v) is 8.84. The van der Waals surface area contributed by atoms with E-state index in [4.69, 9.17) is 9.94 Å². The molecule has 0 spiro atoms. The topological polar surface area (TPSA) is 113 Å². The van der Waals surface area contributed by atoms with Crippen LogP contribution in [0, 0.1) is 10.5 Å². The Labute approximate surface area is 163 Å². The quantitative estimate of drug-likeness (QED) is 0.354. The van der Waals surface area contributed by atoms with Crippen molar-refractivity contribution in [2.24, 2.45) is 7.05 Å². The third-order valence-electron chi connectivity index (χ3n) is 3.58. The van der Waals surface area contributed by atoms with E-state index in [0.717, 1.165) is 14.8 Å². The fraction of sp³-hybridized carbons (Fsp3) is 0.294. The number of anilines is 2. The maximum atomic E-state index is 12.4. The number of carbonyl (C=O) groups is 1. The molecule has 1 atom stereocenters. The van der Waals surface area contributed by atoms with Crippen LogP contribution < -0.4 is 16.4 Å². The zero-order valence-corrected chi connectivity index (χ0v) is 16.5. The second-order valence-electron chi connectivity index (χ2n) is 5.71. The summed E-state index contributed by atoms with van der Waals surface area (Å²) in [6, 6.07) is 7.08. The van der Waals surface area contributed by atoms with Crippen molar-refractivity contribution in [1.82, 2.24) is 10.0 Å². The number of rotatable bonds is 7. The summed E-state index contributed by atoms with van der Waals surface area (Å²) < 4.78 is 2.35. The van der Waals surface area contributed by atoms with Gasteiger partial charge in [-0.1, -0.05) is 0 Å². The lowest BCUT2D eigenvalue weighted by Crippen LogP contribution is -2.31. The van der Waals surface area contributed by atoms with Gasteiger partial charge in [-0.25, -0.2) is 5.48 Å². The van der Waals surface area contributed by atoms with Crippen LogP contribution in [-0.2, 0) is 11.9 Å². The molecule has 2 aromatic rings. The number of nitrogens with one attached hydrogen (secondary N) is 2. The molecule has 1 amide bonds. The minimum Gasteiger partial charge on any atom is -0.394 e. The van der Waals surface area contributed by atoms with Gasteiger partial charge in [0.15, 0.2) is 0 Å². The van der Waals surface area contributed by atoms with Crippen molar-refractivity contribution in [2.45, 2.75) is 13.0 Å². The van der Waals surface area contributed by atoms with Crippen LogP contribution in [0.25, 0.3) is 0 Å². The van der Waals surface area contributed by atoms with E-state index in [0.29, 0.717) is 5.69 Å². The average molecular weight is 473 g/mol. The van der Waals surface area contributed by atoms with E-state index in [2.05, 4.69) is 33.4 Å². The Morgan fingerprint density at radius 2 is 2.08 bits per heavy atom. The number of aliphatic hydroxyl groups is 2. The van der Waals surface area contributed by atoms with Crippen LogP contribution in [0.4, 0.5) is 11.4 Å².